The normalized spacial score (nSPS) is 11.0. The lowest BCUT2D eigenvalue weighted by Crippen LogP contribution is -2.00. The van der Waals surface area contributed by atoms with Crippen molar-refractivity contribution in [2.24, 2.45) is 0 Å². The second kappa shape index (κ2) is 13.5. The van der Waals surface area contributed by atoms with Crippen molar-refractivity contribution in [3.8, 4) is 0 Å². The Labute approximate surface area is 192 Å². The third kappa shape index (κ3) is 7.67. The Bertz CT molecular complexity index is 956. The summed E-state index contributed by atoms with van der Waals surface area (Å²) in [5.41, 5.74) is 2.65. The number of rotatable bonds is 15. The van der Waals surface area contributed by atoms with Crippen LogP contribution in [-0.2, 0) is 6.42 Å². The van der Waals surface area contributed by atoms with Gasteiger partial charge in [-0.05, 0) is 48.4 Å². The first-order valence-corrected chi connectivity index (χ1v) is 12.2. The van der Waals surface area contributed by atoms with Gasteiger partial charge >= 0.3 is 0 Å². The summed E-state index contributed by atoms with van der Waals surface area (Å²) in [5.74, 6) is 0. The maximum Gasteiger partial charge on any atom is 0.277 e. The molecule has 0 fully saturated rings. The minimum Gasteiger partial charge on any atom is -0.385 e. The first-order chi connectivity index (χ1) is 15.8. The van der Waals surface area contributed by atoms with Gasteiger partial charge in [-0.25, -0.2) is 0 Å². The Kier molecular flexibility index (Phi) is 10.0. The molecule has 3 rings (SSSR count). The van der Waals surface area contributed by atoms with E-state index in [1.54, 1.807) is 6.07 Å². The smallest absolute Gasteiger partial charge is 0.277 e. The molecule has 4 heteroatoms. The van der Waals surface area contributed by atoms with Crippen LogP contribution in [0, 0.1) is 10.1 Å². The van der Waals surface area contributed by atoms with E-state index < -0.39 is 0 Å². The van der Waals surface area contributed by atoms with E-state index in [2.05, 4.69) is 29.6 Å². The molecular formula is C28H36N2O2. The summed E-state index contributed by atoms with van der Waals surface area (Å²) in [6.45, 7) is 1.06. The van der Waals surface area contributed by atoms with Crippen molar-refractivity contribution in [2.45, 2.75) is 70.6 Å². The molecule has 170 valence electrons. The number of nitrogens with one attached hydrogen (secondary N) is 1. The van der Waals surface area contributed by atoms with Gasteiger partial charge < -0.3 is 5.32 Å². The van der Waals surface area contributed by atoms with Crippen LogP contribution in [0.4, 0.5) is 11.4 Å². The number of nitrogens with zero attached hydrogens (tertiary/aromatic N) is 1. The quantitative estimate of drug-likeness (QED) is 0.149. The molecule has 0 saturated carbocycles. The molecule has 3 aromatic carbocycles. The van der Waals surface area contributed by atoms with Crippen LogP contribution in [0.15, 0.2) is 66.7 Å². The lowest BCUT2D eigenvalue weighted by atomic mass is 9.98. The number of benzene rings is 3. The summed E-state index contributed by atoms with van der Waals surface area (Å²) in [5, 5.41) is 16.5. The van der Waals surface area contributed by atoms with Crippen molar-refractivity contribution in [3.05, 3.63) is 82.4 Å². The number of fused-ring (bicyclic) bond motifs is 1. The summed E-state index contributed by atoms with van der Waals surface area (Å²) in [6.07, 6.45) is 13.9. The summed E-state index contributed by atoms with van der Waals surface area (Å²) >= 11 is 0. The summed E-state index contributed by atoms with van der Waals surface area (Å²) < 4.78 is 0. The Morgan fingerprint density at radius 3 is 1.84 bits per heavy atom. The van der Waals surface area contributed by atoms with Crippen LogP contribution >= 0.6 is 0 Å². The number of nitro benzene ring substituents is 1. The predicted molar refractivity (Wildman–Crippen MR) is 135 cm³/mol. The van der Waals surface area contributed by atoms with Gasteiger partial charge in [-0.1, -0.05) is 93.8 Å². The Balaban J connectivity index is 1.21. The van der Waals surface area contributed by atoms with Crippen LogP contribution in [0.25, 0.3) is 10.8 Å². The number of unbranched alkanes of at least 4 members (excludes halogenated alkanes) is 9. The molecule has 0 aliphatic rings. The van der Waals surface area contributed by atoms with Crippen molar-refractivity contribution in [1.82, 2.24) is 0 Å². The van der Waals surface area contributed by atoms with E-state index in [1.165, 1.54) is 69.0 Å². The van der Waals surface area contributed by atoms with Gasteiger partial charge in [0.25, 0.3) is 5.69 Å². The van der Waals surface area contributed by atoms with E-state index in [0.717, 1.165) is 30.2 Å². The highest BCUT2D eigenvalue weighted by atomic mass is 16.6. The van der Waals surface area contributed by atoms with Gasteiger partial charge in [-0.3, -0.25) is 10.1 Å². The molecule has 0 aromatic heterocycles. The van der Waals surface area contributed by atoms with E-state index >= 15 is 0 Å². The summed E-state index contributed by atoms with van der Waals surface area (Å²) in [6, 6.07) is 21.7. The maximum absolute atomic E-state index is 11.3. The van der Waals surface area contributed by atoms with E-state index in [9.17, 15) is 10.1 Å². The van der Waals surface area contributed by atoms with Crippen molar-refractivity contribution in [2.75, 3.05) is 11.9 Å². The maximum atomic E-state index is 11.3. The number of non-ortho nitro benzene ring substituents is 1. The average Bonchev–Trinajstić information content (AvgIpc) is 2.82. The molecule has 0 atom stereocenters. The summed E-state index contributed by atoms with van der Waals surface area (Å²) in [4.78, 5) is 11.0. The zero-order valence-electron chi connectivity index (χ0n) is 19.1. The topological polar surface area (TPSA) is 55.2 Å². The molecule has 0 spiro atoms. The van der Waals surface area contributed by atoms with Crippen LogP contribution < -0.4 is 5.32 Å². The molecule has 0 radical (unpaired) electrons. The molecular weight excluding hydrogens is 396 g/mol. The third-order valence-corrected chi connectivity index (χ3v) is 6.16. The third-order valence-electron chi connectivity index (χ3n) is 6.16. The van der Waals surface area contributed by atoms with E-state index in [4.69, 9.17) is 0 Å². The van der Waals surface area contributed by atoms with Gasteiger partial charge in [0.05, 0.1) is 10.3 Å². The molecule has 4 nitrogen and oxygen atoms in total. The Hall–Kier alpha value is -2.88. The zero-order chi connectivity index (χ0) is 22.4. The second-order valence-corrected chi connectivity index (χ2v) is 8.62. The highest BCUT2D eigenvalue weighted by Crippen LogP contribution is 2.29. The van der Waals surface area contributed by atoms with Gasteiger partial charge in [0.2, 0.25) is 0 Å². The fourth-order valence-electron chi connectivity index (χ4n) is 4.37. The van der Waals surface area contributed by atoms with Gasteiger partial charge in [-0.2, -0.15) is 0 Å². The fourth-order valence-corrected chi connectivity index (χ4v) is 4.37. The molecule has 0 heterocycles. The highest BCUT2D eigenvalue weighted by Gasteiger charge is 2.13. The number of aryl methyl sites for hydroxylation is 1. The minimum absolute atomic E-state index is 0.205. The number of hydrogen-bond donors (Lipinski definition) is 1. The van der Waals surface area contributed by atoms with Gasteiger partial charge in [0, 0.05) is 18.3 Å². The van der Waals surface area contributed by atoms with Crippen LogP contribution in [0.2, 0.25) is 0 Å². The number of nitro groups is 1. The molecule has 0 aliphatic heterocycles. The number of hydrogen-bond acceptors (Lipinski definition) is 3. The Morgan fingerprint density at radius 1 is 0.625 bits per heavy atom. The predicted octanol–water partition coefficient (Wildman–Crippen LogP) is 8.30. The van der Waals surface area contributed by atoms with E-state index in [0.29, 0.717) is 0 Å². The molecule has 0 unspecified atom stereocenters. The van der Waals surface area contributed by atoms with Crippen LogP contribution in [0.3, 0.4) is 0 Å². The largest absolute Gasteiger partial charge is 0.385 e. The molecule has 0 aliphatic carbocycles. The lowest BCUT2D eigenvalue weighted by molar-refractivity contribution is -0.383. The SMILES string of the molecule is O=[N+]([O-])c1ccc(CCCCCCCCCCCCNc2ccccc2)c2ccccc12. The van der Waals surface area contributed by atoms with Crippen molar-refractivity contribution >= 4 is 22.1 Å². The molecule has 3 aromatic rings. The molecule has 1 N–H and O–H groups in total. The van der Waals surface area contributed by atoms with Gasteiger partial charge in [0.15, 0.2) is 0 Å². The minimum atomic E-state index is -0.284. The number of para-hydroxylation sites is 1. The highest BCUT2D eigenvalue weighted by molar-refractivity contribution is 5.93. The molecule has 0 saturated heterocycles. The van der Waals surface area contributed by atoms with Crippen molar-refractivity contribution in [3.63, 3.8) is 0 Å². The second-order valence-electron chi connectivity index (χ2n) is 8.62. The standard InChI is InChI=1S/C28H36N2O2/c31-30(32)28-22-21-24(26-19-13-14-20-27(26)28)16-10-7-5-3-1-2-4-6-8-15-23-29-25-17-11-9-12-18-25/h9,11-14,17-22,29H,1-8,10,15-16,23H2. The van der Waals surface area contributed by atoms with Gasteiger partial charge in [-0.15, -0.1) is 0 Å². The first-order valence-electron chi connectivity index (χ1n) is 12.2. The monoisotopic (exact) mass is 432 g/mol. The first kappa shape index (κ1) is 23.8. The molecule has 0 bridgehead atoms. The number of anilines is 1. The van der Waals surface area contributed by atoms with Crippen molar-refractivity contribution < 1.29 is 4.92 Å². The lowest BCUT2D eigenvalue weighted by Gasteiger charge is -2.08. The average molecular weight is 433 g/mol. The van der Waals surface area contributed by atoms with Crippen molar-refractivity contribution in [1.29, 1.82) is 0 Å². The van der Waals surface area contributed by atoms with Crippen LogP contribution in [-0.4, -0.2) is 11.5 Å². The van der Waals surface area contributed by atoms with E-state index in [1.807, 2.05) is 36.4 Å². The molecule has 0 amide bonds. The van der Waals surface area contributed by atoms with Crippen LogP contribution in [0.5, 0.6) is 0 Å². The van der Waals surface area contributed by atoms with Gasteiger partial charge in [0.1, 0.15) is 0 Å². The molecule has 32 heavy (non-hydrogen) atoms. The Morgan fingerprint density at radius 2 is 1.19 bits per heavy atom. The van der Waals surface area contributed by atoms with E-state index in [-0.39, 0.29) is 10.6 Å². The van der Waals surface area contributed by atoms with Crippen LogP contribution in [0.1, 0.15) is 69.8 Å². The summed E-state index contributed by atoms with van der Waals surface area (Å²) in [7, 11) is 0. The fraction of sp³-hybridized carbons (Fsp3) is 0.429. The zero-order valence-corrected chi connectivity index (χ0v) is 19.1.